The zero-order chi connectivity index (χ0) is 18.3. The minimum absolute atomic E-state index is 0.117. The van der Waals surface area contributed by atoms with Crippen LogP contribution in [0.3, 0.4) is 0 Å². The first kappa shape index (κ1) is 16.9. The van der Waals surface area contributed by atoms with Crippen LogP contribution in [0.15, 0.2) is 18.2 Å². The normalized spacial score (nSPS) is 16.3. The van der Waals surface area contributed by atoms with Gasteiger partial charge in [-0.3, -0.25) is 4.79 Å². The van der Waals surface area contributed by atoms with Gasteiger partial charge in [0.05, 0.1) is 5.56 Å². The summed E-state index contributed by atoms with van der Waals surface area (Å²) in [5.74, 6) is 1.03. The molecule has 0 bridgehead atoms. The van der Waals surface area contributed by atoms with Crippen LogP contribution in [0.25, 0.3) is 0 Å². The van der Waals surface area contributed by atoms with Crippen molar-refractivity contribution in [1.29, 1.82) is 5.26 Å². The number of carbonyl (C=O) groups excluding carboxylic acids is 1. The van der Waals surface area contributed by atoms with Crippen LogP contribution >= 0.6 is 11.3 Å². The first-order chi connectivity index (χ1) is 12.5. The molecular weight excluding hydrogens is 348 g/mol. The third kappa shape index (κ3) is 3.04. The highest BCUT2D eigenvalue weighted by atomic mass is 32.1. The molecule has 1 amide bonds. The number of amides is 1. The Balaban J connectivity index is 1.44. The Morgan fingerprint density at radius 2 is 2.27 bits per heavy atom. The highest BCUT2D eigenvalue weighted by molar-refractivity contribution is 7.16. The molecule has 0 fully saturated rings. The molecule has 1 aliphatic heterocycles. The van der Waals surface area contributed by atoms with Crippen molar-refractivity contribution in [2.45, 2.75) is 45.1 Å². The lowest BCUT2D eigenvalue weighted by Gasteiger charge is -2.18. The molecule has 134 valence electrons. The number of nitrogens with one attached hydrogen (secondary N) is 1. The van der Waals surface area contributed by atoms with Crippen molar-refractivity contribution < 1.29 is 14.3 Å². The van der Waals surface area contributed by atoms with Gasteiger partial charge < -0.3 is 14.8 Å². The predicted molar refractivity (Wildman–Crippen MR) is 100 cm³/mol. The Morgan fingerprint density at radius 1 is 1.42 bits per heavy atom. The van der Waals surface area contributed by atoms with Crippen LogP contribution in [-0.2, 0) is 24.1 Å². The van der Waals surface area contributed by atoms with E-state index in [1.165, 1.54) is 16.2 Å². The number of benzene rings is 1. The van der Waals surface area contributed by atoms with Crippen LogP contribution in [-0.4, -0.2) is 18.1 Å². The van der Waals surface area contributed by atoms with Crippen LogP contribution in [0.5, 0.6) is 11.5 Å². The molecule has 0 unspecified atom stereocenters. The van der Waals surface area contributed by atoms with Crippen molar-refractivity contribution in [3.63, 3.8) is 0 Å². The Hall–Kier alpha value is -2.52. The lowest BCUT2D eigenvalue weighted by molar-refractivity contribution is -0.118. The van der Waals surface area contributed by atoms with Crippen molar-refractivity contribution in [3.05, 3.63) is 39.8 Å². The molecule has 5 nitrogen and oxygen atoms in total. The van der Waals surface area contributed by atoms with E-state index in [0.29, 0.717) is 16.3 Å². The van der Waals surface area contributed by atoms with Gasteiger partial charge in [-0.2, -0.15) is 5.26 Å². The predicted octanol–water partition coefficient (Wildman–Crippen LogP) is 3.84. The largest absolute Gasteiger partial charge is 0.483 e. The maximum atomic E-state index is 12.3. The third-order valence-electron chi connectivity index (χ3n) is 4.70. The van der Waals surface area contributed by atoms with Crippen LogP contribution < -0.4 is 14.8 Å². The number of carbonyl (C=O) groups is 1. The van der Waals surface area contributed by atoms with Crippen LogP contribution in [0.4, 0.5) is 5.00 Å². The summed E-state index contributed by atoms with van der Waals surface area (Å²) in [5.41, 5.74) is 2.55. The second kappa shape index (κ2) is 6.33. The van der Waals surface area contributed by atoms with Crippen LogP contribution in [0.1, 0.15) is 41.8 Å². The second-order valence-corrected chi connectivity index (χ2v) is 8.40. The van der Waals surface area contributed by atoms with E-state index in [0.717, 1.165) is 42.6 Å². The SMILES string of the molecule is CC1(C)Cc2cccc(OCC(=O)Nc3sc4c(c3C#N)CCC4)c2O1. The van der Waals surface area contributed by atoms with E-state index in [-0.39, 0.29) is 18.1 Å². The van der Waals surface area contributed by atoms with E-state index in [1.54, 1.807) is 0 Å². The molecule has 0 radical (unpaired) electrons. The van der Waals surface area contributed by atoms with Gasteiger partial charge in [-0.1, -0.05) is 12.1 Å². The zero-order valence-electron chi connectivity index (χ0n) is 14.8. The number of fused-ring (bicyclic) bond motifs is 2. The van der Waals surface area contributed by atoms with Gasteiger partial charge in [0, 0.05) is 16.9 Å². The molecule has 26 heavy (non-hydrogen) atoms. The van der Waals surface area contributed by atoms with Gasteiger partial charge in [0.15, 0.2) is 18.1 Å². The third-order valence-corrected chi connectivity index (χ3v) is 5.91. The van der Waals surface area contributed by atoms with Crippen LogP contribution in [0.2, 0.25) is 0 Å². The fourth-order valence-electron chi connectivity index (χ4n) is 3.62. The molecule has 6 heteroatoms. The number of para-hydroxylation sites is 1. The molecule has 1 aliphatic carbocycles. The fraction of sp³-hybridized carbons (Fsp3) is 0.400. The van der Waals surface area contributed by atoms with Gasteiger partial charge >= 0.3 is 0 Å². The van der Waals surface area contributed by atoms with Crippen molar-refractivity contribution in [3.8, 4) is 17.6 Å². The van der Waals surface area contributed by atoms with Gasteiger partial charge in [0.25, 0.3) is 5.91 Å². The van der Waals surface area contributed by atoms with Gasteiger partial charge in [0.1, 0.15) is 16.7 Å². The number of hydrogen-bond acceptors (Lipinski definition) is 5. The molecule has 0 atom stereocenters. The molecule has 2 aliphatic rings. The summed E-state index contributed by atoms with van der Waals surface area (Å²) in [7, 11) is 0. The maximum absolute atomic E-state index is 12.3. The lowest BCUT2D eigenvalue weighted by Crippen LogP contribution is -2.25. The number of rotatable bonds is 4. The molecule has 1 aromatic heterocycles. The maximum Gasteiger partial charge on any atom is 0.262 e. The van der Waals surface area contributed by atoms with Crippen LogP contribution in [0, 0.1) is 11.3 Å². The molecule has 0 saturated carbocycles. The molecule has 1 aromatic carbocycles. The lowest BCUT2D eigenvalue weighted by atomic mass is 10.0. The highest BCUT2D eigenvalue weighted by Crippen LogP contribution is 2.42. The van der Waals surface area contributed by atoms with Gasteiger partial charge in [-0.15, -0.1) is 11.3 Å². The summed E-state index contributed by atoms with van der Waals surface area (Å²) in [6.07, 6.45) is 3.81. The molecule has 2 aromatic rings. The Kier molecular flexibility index (Phi) is 4.12. The van der Waals surface area contributed by atoms with E-state index < -0.39 is 0 Å². The van der Waals surface area contributed by atoms with Crippen molar-refractivity contribution in [2.75, 3.05) is 11.9 Å². The topological polar surface area (TPSA) is 71.3 Å². The summed E-state index contributed by atoms with van der Waals surface area (Å²) < 4.78 is 11.7. The van der Waals surface area contributed by atoms with Gasteiger partial charge in [-0.25, -0.2) is 0 Å². The first-order valence-electron chi connectivity index (χ1n) is 8.75. The quantitative estimate of drug-likeness (QED) is 0.890. The Labute approximate surface area is 156 Å². The number of thiophene rings is 1. The number of ether oxygens (including phenoxy) is 2. The number of hydrogen-bond donors (Lipinski definition) is 1. The summed E-state index contributed by atoms with van der Waals surface area (Å²) >= 11 is 1.51. The number of anilines is 1. The zero-order valence-corrected chi connectivity index (χ0v) is 15.7. The minimum Gasteiger partial charge on any atom is -0.483 e. The average Bonchev–Trinajstić information content (AvgIpc) is 3.23. The van der Waals surface area contributed by atoms with E-state index in [2.05, 4.69) is 11.4 Å². The highest BCUT2D eigenvalue weighted by Gasteiger charge is 2.32. The number of nitrogens with zero attached hydrogens (tertiary/aromatic N) is 1. The Bertz CT molecular complexity index is 924. The molecule has 1 N–H and O–H groups in total. The smallest absolute Gasteiger partial charge is 0.262 e. The molecule has 0 spiro atoms. The molecule has 0 saturated heterocycles. The second-order valence-electron chi connectivity index (χ2n) is 7.29. The van der Waals surface area contributed by atoms with E-state index in [9.17, 15) is 10.1 Å². The molecule has 2 heterocycles. The van der Waals surface area contributed by atoms with Crippen molar-refractivity contribution >= 4 is 22.2 Å². The van der Waals surface area contributed by atoms with Gasteiger partial charge in [-0.05, 0) is 44.7 Å². The summed E-state index contributed by atoms with van der Waals surface area (Å²) in [5, 5.41) is 12.9. The van der Waals surface area contributed by atoms with Crippen molar-refractivity contribution in [1.82, 2.24) is 0 Å². The molecular formula is C20H20N2O3S. The number of aryl methyl sites for hydroxylation is 1. The van der Waals surface area contributed by atoms with Gasteiger partial charge in [0.2, 0.25) is 0 Å². The summed E-state index contributed by atoms with van der Waals surface area (Å²) in [6.45, 7) is 3.94. The van der Waals surface area contributed by atoms with E-state index in [4.69, 9.17) is 9.47 Å². The minimum atomic E-state index is -0.267. The first-order valence-corrected chi connectivity index (χ1v) is 9.57. The van der Waals surface area contributed by atoms with E-state index >= 15 is 0 Å². The summed E-state index contributed by atoms with van der Waals surface area (Å²) in [4.78, 5) is 13.5. The van der Waals surface area contributed by atoms with E-state index in [1.807, 2.05) is 32.0 Å². The monoisotopic (exact) mass is 368 g/mol. The average molecular weight is 368 g/mol. The Morgan fingerprint density at radius 3 is 3.08 bits per heavy atom. The fourth-order valence-corrected chi connectivity index (χ4v) is 4.87. The number of nitriles is 1. The molecule has 4 rings (SSSR count). The summed E-state index contributed by atoms with van der Waals surface area (Å²) in [6, 6.07) is 7.97. The standard InChI is InChI=1S/C20H20N2O3S/c1-20(2)9-12-5-3-7-15(18(12)25-20)24-11-17(23)22-19-14(10-21)13-6-4-8-16(13)26-19/h3,5,7H,4,6,8-9,11H2,1-2H3,(H,22,23). The van der Waals surface area contributed by atoms with Crippen molar-refractivity contribution in [2.24, 2.45) is 0 Å².